The van der Waals surface area contributed by atoms with Crippen molar-refractivity contribution >= 4 is 5.82 Å². The Hall–Kier alpha value is -1.09. The first-order valence-electron chi connectivity index (χ1n) is 5.70. The SMILES string of the molecule is CC1CCCN(c2cccc(CN)n2)C1. The van der Waals surface area contributed by atoms with E-state index in [1.807, 2.05) is 12.1 Å². The Bertz CT molecular complexity index is 324. The van der Waals surface area contributed by atoms with Gasteiger partial charge in [-0.3, -0.25) is 0 Å². The molecule has 3 nitrogen and oxygen atoms in total. The Balaban J connectivity index is 2.13. The van der Waals surface area contributed by atoms with Crippen molar-refractivity contribution in [1.82, 2.24) is 4.98 Å². The molecule has 2 N–H and O–H groups in total. The van der Waals surface area contributed by atoms with Crippen LogP contribution in [0.15, 0.2) is 18.2 Å². The van der Waals surface area contributed by atoms with Crippen LogP contribution < -0.4 is 10.6 Å². The maximum Gasteiger partial charge on any atom is 0.128 e. The second-order valence-electron chi connectivity index (χ2n) is 4.38. The number of rotatable bonds is 2. The topological polar surface area (TPSA) is 42.1 Å². The van der Waals surface area contributed by atoms with Gasteiger partial charge in [0.1, 0.15) is 5.82 Å². The lowest BCUT2D eigenvalue weighted by Crippen LogP contribution is -2.34. The smallest absolute Gasteiger partial charge is 0.128 e. The molecule has 1 aliphatic heterocycles. The third kappa shape index (κ3) is 2.48. The van der Waals surface area contributed by atoms with E-state index in [2.05, 4.69) is 22.9 Å². The first-order valence-corrected chi connectivity index (χ1v) is 5.70. The summed E-state index contributed by atoms with van der Waals surface area (Å²) in [4.78, 5) is 6.92. The van der Waals surface area contributed by atoms with Gasteiger partial charge in [0.2, 0.25) is 0 Å². The second-order valence-corrected chi connectivity index (χ2v) is 4.38. The molecule has 2 heterocycles. The molecule has 1 unspecified atom stereocenters. The summed E-state index contributed by atoms with van der Waals surface area (Å²) in [5, 5.41) is 0. The summed E-state index contributed by atoms with van der Waals surface area (Å²) in [6.45, 7) is 5.09. The summed E-state index contributed by atoms with van der Waals surface area (Å²) in [5.74, 6) is 1.87. The molecule has 2 rings (SSSR count). The average Bonchev–Trinajstić information content (AvgIpc) is 2.29. The number of nitrogens with two attached hydrogens (primary N) is 1. The van der Waals surface area contributed by atoms with Gasteiger partial charge >= 0.3 is 0 Å². The molecule has 1 aromatic heterocycles. The first-order chi connectivity index (χ1) is 7.29. The number of aromatic nitrogens is 1. The maximum absolute atomic E-state index is 5.59. The summed E-state index contributed by atoms with van der Waals surface area (Å²) >= 11 is 0. The van der Waals surface area contributed by atoms with E-state index in [1.165, 1.54) is 12.8 Å². The van der Waals surface area contributed by atoms with Gasteiger partial charge in [0.05, 0.1) is 5.69 Å². The van der Waals surface area contributed by atoms with E-state index in [1.54, 1.807) is 0 Å². The van der Waals surface area contributed by atoms with Crippen molar-refractivity contribution in [2.75, 3.05) is 18.0 Å². The Labute approximate surface area is 91.3 Å². The summed E-state index contributed by atoms with van der Waals surface area (Å²) in [6, 6.07) is 6.11. The van der Waals surface area contributed by atoms with E-state index in [4.69, 9.17) is 5.73 Å². The molecule has 0 aliphatic carbocycles. The van der Waals surface area contributed by atoms with Gasteiger partial charge in [0.25, 0.3) is 0 Å². The molecule has 1 saturated heterocycles. The number of hydrogen-bond donors (Lipinski definition) is 1. The number of pyridine rings is 1. The van der Waals surface area contributed by atoms with Crippen molar-refractivity contribution in [1.29, 1.82) is 0 Å². The van der Waals surface area contributed by atoms with E-state index in [9.17, 15) is 0 Å². The maximum atomic E-state index is 5.59. The molecule has 15 heavy (non-hydrogen) atoms. The number of anilines is 1. The van der Waals surface area contributed by atoms with E-state index in [-0.39, 0.29) is 0 Å². The van der Waals surface area contributed by atoms with Crippen LogP contribution in [0.5, 0.6) is 0 Å². The first kappa shape index (κ1) is 10.4. The zero-order valence-electron chi connectivity index (χ0n) is 9.32. The summed E-state index contributed by atoms with van der Waals surface area (Å²) in [5.41, 5.74) is 6.57. The molecule has 1 atom stereocenters. The quantitative estimate of drug-likeness (QED) is 0.800. The van der Waals surface area contributed by atoms with Gasteiger partial charge in [-0.15, -0.1) is 0 Å². The van der Waals surface area contributed by atoms with Crippen LogP contribution >= 0.6 is 0 Å². The second kappa shape index (κ2) is 4.62. The molecule has 82 valence electrons. The molecule has 0 saturated carbocycles. The highest BCUT2D eigenvalue weighted by Crippen LogP contribution is 2.21. The van der Waals surface area contributed by atoms with Gasteiger partial charge in [-0.05, 0) is 30.9 Å². The molecule has 1 aliphatic rings. The normalized spacial score (nSPS) is 21.7. The molecule has 0 bridgehead atoms. The Kier molecular flexibility index (Phi) is 3.21. The van der Waals surface area contributed by atoms with Crippen molar-refractivity contribution in [2.24, 2.45) is 11.7 Å². The van der Waals surface area contributed by atoms with E-state index in [0.29, 0.717) is 6.54 Å². The lowest BCUT2D eigenvalue weighted by molar-refractivity contribution is 0.444. The molecule has 0 aromatic carbocycles. The third-order valence-electron chi connectivity index (χ3n) is 2.98. The van der Waals surface area contributed by atoms with Gasteiger partial charge in [0.15, 0.2) is 0 Å². The molecule has 1 fully saturated rings. The van der Waals surface area contributed by atoms with Crippen molar-refractivity contribution in [3.05, 3.63) is 23.9 Å². The van der Waals surface area contributed by atoms with Gasteiger partial charge in [0, 0.05) is 19.6 Å². The van der Waals surface area contributed by atoms with Crippen molar-refractivity contribution in [2.45, 2.75) is 26.3 Å². The van der Waals surface area contributed by atoms with Crippen LogP contribution in [0, 0.1) is 5.92 Å². The van der Waals surface area contributed by atoms with Crippen molar-refractivity contribution < 1.29 is 0 Å². The molecule has 0 spiro atoms. The fourth-order valence-corrected chi connectivity index (χ4v) is 2.15. The van der Waals surface area contributed by atoms with Gasteiger partial charge < -0.3 is 10.6 Å². The zero-order valence-corrected chi connectivity index (χ0v) is 9.32. The lowest BCUT2D eigenvalue weighted by Gasteiger charge is -2.32. The highest BCUT2D eigenvalue weighted by molar-refractivity contribution is 5.39. The number of hydrogen-bond acceptors (Lipinski definition) is 3. The van der Waals surface area contributed by atoms with Crippen LogP contribution in [-0.4, -0.2) is 18.1 Å². The van der Waals surface area contributed by atoms with Crippen molar-refractivity contribution in [3.63, 3.8) is 0 Å². The summed E-state index contributed by atoms with van der Waals surface area (Å²) < 4.78 is 0. The molecule has 0 amide bonds. The van der Waals surface area contributed by atoms with Crippen LogP contribution in [0.4, 0.5) is 5.82 Å². The van der Waals surface area contributed by atoms with E-state index < -0.39 is 0 Å². The molecule has 3 heteroatoms. The van der Waals surface area contributed by atoms with Gasteiger partial charge in [-0.1, -0.05) is 13.0 Å². The number of nitrogens with zero attached hydrogens (tertiary/aromatic N) is 2. The standard InChI is InChI=1S/C12H19N3/c1-10-4-3-7-15(9-10)12-6-2-5-11(8-13)14-12/h2,5-6,10H,3-4,7-9,13H2,1H3. The minimum Gasteiger partial charge on any atom is -0.356 e. The van der Waals surface area contributed by atoms with Crippen LogP contribution in [0.3, 0.4) is 0 Å². The number of piperidine rings is 1. The average molecular weight is 205 g/mol. The third-order valence-corrected chi connectivity index (χ3v) is 2.98. The minimum atomic E-state index is 0.525. The van der Waals surface area contributed by atoms with Crippen LogP contribution in [0.2, 0.25) is 0 Å². The van der Waals surface area contributed by atoms with Crippen LogP contribution in [-0.2, 0) is 6.54 Å². The Morgan fingerprint density at radius 3 is 3.13 bits per heavy atom. The van der Waals surface area contributed by atoms with Gasteiger partial charge in [-0.2, -0.15) is 0 Å². The molecular formula is C12H19N3. The van der Waals surface area contributed by atoms with Crippen LogP contribution in [0.25, 0.3) is 0 Å². The minimum absolute atomic E-state index is 0.525. The Morgan fingerprint density at radius 2 is 2.40 bits per heavy atom. The van der Waals surface area contributed by atoms with Crippen molar-refractivity contribution in [3.8, 4) is 0 Å². The Morgan fingerprint density at radius 1 is 1.53 bits per heavy atom. The van der Waals surface area contributed by atoms with Crippen LogP contribution in [0.1, 0.15) is 25.5 Å². The van der Waals surface area contributed by atoms with E-state index >= 15 is 0 Å². The summed E-state index contributed by atoms with van der Waals surface area (Å²) in [6.07, 6.45) is 2.61. The molecule has 1 aromatic rings. The summed E-state index contributed by atoms with van der Waals surface area (Å²) in [7, 11) is 0. The monoisotopic (exact) mass is 205 g/mol. The zero-order chi connectivity index (χ0) is 10.7. The highest BCUT2D eigenvalue weighted by Gasteiger charge is 2.17. The largest absolute Gasteiger partial charge is 0.356 e. The fraction of sp³-hybridized carbons (Fsp3) is 0.583. The predicted octanol–water partition coefficient (Wildman–Crippen LogP) is 1.78. The molecule has 0 radical (unpaired) electrons. The predicted molar refractivity (Wildman–Crippen MR) is 62.7 cm³/mol. The fourth-order valence-electron chi connectivity index (χ4n) is 2.15. The van der Waals surface area contributed by atoms with E-state index in [0.717, 1.165) is 30.5 Å². The van der Waals surface area contributed by atoms with Gasteiger partial charge in [-0.25, -0.2) is 4.98 Å². The lowest BCUT2D eigenvalue weighted by atomic mass is 10.0. The molecular weight excluding hydrogens is 186 g/mol. The highest BCUT2D eigenvalue weighted by atomic mass is 15.2.